The maximum atomic E-state index is 12.1. The number of hydrogen-bond donors (Lipinski definition) is 4. The minimum absolute atomic E-state index is 0.177. The van der Waals surface area contributed by atoms with Gasteiger partial charge < -0.3 is 26.0 Å². The molecule has 0 aliphatic carbocycles. The van der Waals surface area contributed by atoms with Gasteiger partial charge in [-0.1, -0.05) is 35.3 Å². The van der Waals surface area contributed by atoms with Gasteiger partial charge in [-0.25, -0.2) is 0 Å². The summed E-state index contributed by atoms with van der Waals surface area (Å²) in [5.74, 6) is 0.197. The molecule has 0 radical (unpaired) electrons. The molecule has 146 valence electrons. The molecule has 2 aromatic carbocycles. The molecule has 2 rings (SSSR count). The van der Waals surface area contributed by atoms with Crippen LogP contribution in [-0.4, -0.2) is 35.4 Å². The predicted molar refractivity (Wildman–Crippen MR) is 106 cm³/mol. The highest BCUT2D eigenvalue weighted by molar-refractivity contribution is 6.35. The summed E-state index contributed by atoms with van der Waals surface area (Å²) in [5.41, 5.74) is 6.74. The minimum Gasteiger partial charge on any atom is -0.492 e. The Kier molecular flexibility index (Phi) is 8.19. The summed E-state index contributed by atoms with van der Waals surface area (Å²) < 4.78 is 5.52. The van der Waals surface area contributed by atoms with Gasteiger partial charge in [0, 0.05) is 17.1 Å². The number of amides is 1. The molecule has 6 nitrogen and oxygen atoms in total. The van der Waals surface area contributed by atoms with Crippen molar-refractivity contribution in [1.82, 2.24) is 5.32 Å². The number of carbonyl (C=O) groups excluding carboxylic acids is 1. The Bertz CT molecular complexity index is 756. The maximum Gasteiger partial charge on any atom is 0.220 e. The molecule has 0 saturated heterocycles. The quantitative estimate of drug-likeness (QED) is 0.374. The minimum atomic E-state index is -1.04. The van der Waals surface area contributed by atoms with E-state index in [1.165, 1.54) is 0 Å². The van der Waals surface area contributed by atoms with Crippen molar-refractivity contribution >= 4 is 34.8 Å². The van der Waals surface area contributed by atoms with Crippen molar-refractivity contribution in [2.45, 2.75) is 25.0 Å². The van der Waals surface area contributed by atoms with E-state index in [1.807, 2.05) is 0 Å². The van der Waals surface area contributed by atoms with Crippen LogP contribution in [0, 0.1) is 0 Å². The second kappa shape index (κ2) is 10.4. The van der Waals surface area contributed by atoms with Crippen molar-refractivity contribution in [3.05, 3.63) is 58.1 Å². The average molecular weight is 413 g/mol. The number of nitrogens with one attached hydrogen (secondary N) is 1. The highest BCUT2D eigenvalue weighted by Crippen LogP contribution is 2.27. The first-order valence-electron chi connectivity index (χ1n) is 8.42. The van der Waals surface area contributed by atoms with Crippen molar-refractivity contribution in [3.8, 4) is 5.75 Å². The number of halogens is 2. The van der Waals surface area contributed by atoms with Crippen LogP contribution >= 0.6 is 23.2 Å². The van der Waals surface area contributed by atoms with Crippen molar-refractivity contribution in [2.75, 3.05) is 18.9 Å². The lowest BCUT2D eigenvalue weighted by atomic mass is 10.0. The molecule has 5 N–H and O–H groups in total. The second-order valence-corrected chi connectivity index (χ2v) is 6.84. The lowest BCUT2D eigenvalue weighted by Crippen LogP contribution is -2.42. The normalized spacial score (nSPS) is 13.0. The zero-order valence-electron chi connectivity index (χ0n) is 14.6. The lowest BCUT2D eigenvalue weighted by Gasteiger charge is -2.22. The number of anilines is 1. The van der Waals surface area contributed by atoms with Gasteiger partial charge in [0.15, 0.2) is 0 Å². The first-order valence-corrected chi connectivity index (χ1v) is 9.18. The molecule has 2 atom stereocenters. The van der Waals surface area contributed by atoms with Crippen molar-refractivity contribution < 1.29 is 19.7 Å². The second-order valence-electron chi connectivity index (χ2n) is 5.99. The van der Waals surface area contributed by atoms with Crippen LogP contribution in [0.2, 0.25) is 10.0 Å². The van der Waals surface area contributed by atoms with Gasteiger partial charge in [0.1, 0.15) is 11.9 Å². The standard InChI is InChI=1S/C19H22Cl2N2O4/c20-13-5-8-17(15(21)10-13)27-9-1-2-18(25)23-16(11-24)19(26)12-3-6-14(22)7-4-12/h3-8,10,16,19,24,26H,1-2,9,11,22H2,(H,23,25). The molecule has 0 spiro atoms. The fourth-order valence-corrected chi connectivity index (χ4v) is 2.90. The number of nitrogen functional groups attached to an aromatic ring is 1. The smallest absolute Gasteiger partial charge is 0.220 e. The fourth-order valence-electron chi connectivity index (χ4n) is 2.44. The van der Waals surface area contributed by atoms with Crippen LogP contribution in [0.1, 0.15) is 24.5 Å². The van der Waals surface area contributed by atoms with Gasteiger partial charge in [-0.05, 0) is 42.3 Å². The molecule has 2 aromatic rings. The molecule has 0 aliphatic rings. The number of carbonyl (C=O) groups is 1. The van der Waals surface area contributed by atoms with Gasteiger partial charge >= 0.3 is 0 Å². The molecular weight excluding hydrogens is 391 g/mol. The van der Waals surface area contributed by atoms with E-state index in [0.717, 1.165) is 0 Å². The van der Waals surface area contributed by atoms with Crippen molar-refractivity contribution in [1.29, 1.82) is 0 Å². The van der Waals surface area contributed by atoms with E-state index in [0.29, 0.717) is 40.1 Å². The van der Waals surface area contributed by atoms with E-state index in [4.69, 9.17) is 33.7 Å². The maximum absolute atomic E-state index is 12.1. The first kappa shape index (κ1) is 21.3. The number of benzene rings is 2. The Balaban J connectivity index is 1.78. The summed E-state index contributed by atoms with van der Waals surface area (Å²) in [7, 11) is 0. The third-order valence-electron chi connectivity index (χ3n) is 3.90. The zero-order valence-corrected chi connectivity index (χ0v) is 16.1. The van der Waals surface area contributed by atoms with E-state index in [9.17, 15) is 15.0 Å². The molecule has 0 aromatic heterocycles. The summed E-state index contributed by atoms with van der Waals surface area (Å²) in [4.78, 5) is 12.1. The van der Waals surface area contributed by atoms with Gasteiger partial charge in [-0.3, -0.25) is 4.79 Å². The van der Waals surface area contributed by atoms with Crippen LogP contribution in [0.5, 0.6) is 5.75 Å². The number of aliphatic hydroxyl groups is 2. The molecule has 2 unspecified atom stereocenters. The molecule has 0 bridgehead atoms. The highest BCUT2D eigenvalue weighted by Gasteiger charge is 2.22. The molecule has 0 fully saturated rings. The number of aliphatic hydroxyl groups excluding tert-OH is 2. The van der Waals surface area contributed by atoms with Gasteiger partial charge in [0.2, 0.25) is 5.91 Å². The molecule has 0 aliphatic heterocycles. The van der Waals surface area contributed by atoms with Gasteiger partial charge in [-0.2, -0.15) is 0 Å². The summed E-state index contributed by atoms with van der Waals surface area (Å²) >= 11 is 11.8. The predicted octanol–water partition coefficient (Wildman–Crippen LogP) is 2.95. The lowest BCUT2D eigenvalue weighted by molar-refractivity contribution is -0.123. The molecular formula is C19H22Cl2N2O4. The third kappa shape index (κ3) is 6.59. The van der Waals surface area contributed by atoms with Crippen LogP contribution in [0.4, 0.5) is 5.69 Å². The zero-order chi connectivity index (χ0) is 19.8. The Morgan fingerprint density at radius 1 is 1.19 bits per heavy atom. The van der Waals surface area contributed by atoms with Gasteiger partial charge in [-0.15, -0.1) is 0 Å². The Labute approximate surface area is 167 Å². The van der Waals surface area contributed by atoms with Crippen molar-refractivity contribution in [3.63, 3.8) is 0 Å². The van der Waals surface area contributed by atoms with Gasteiger partial charge in [0.25, 0.3) is 0 Å². The Hall–Kier alpha value is -1.99. The molecule has 1 amide bonds. The first-order chi connectivity index (χ1) is 12.9. The Morgan fingerprint density at radius 3 is 2.52 bits per heavy atom. The summed E-state index contributed by atoms with van der Waals surface area (Å²) in [5, 5.41) is 23.4. The molecule has 8 heteroatoms. The van der Waals surface area contributed by atoms with E-state index >= 15 is 0 Å². The number of rotatable bonds is 9. The van der Waals surface area contributed by atoms with Crippen LogP contribution in [0.3, 0.4) is 0 Å². The Morgan fingerprint density at radius 2 is 1.89 bits per heavy atom. The molecule has 0 heterocycles. The van der Waals surface area contributed by atoms with E-state index in [1.54, 1.807) is 42.5 Å². The molecule has 27 heavy (non-hydrogen) atoms. The van der Waals surface area contributed by atoms with Crippen molar-refractivity contribution in [2.24, 2.45) is 0 Å². The SMILES string of the molecule is Nc1ccc(C(O)C(CO)NC(=O)CCCOc2ccc(Cl)cc2Cl)cc1. The third-order valence-corrected chi connectivity index (χ3v) is 4.43. The monoisotopic (exact) mass is 412 g/mol. The van der Waals surface area contributed by atoms with Crippen LogP contribution in [-0.2, 0) is 4.79 Å². The van der Waals surface area contributed by atoms with Crippen LogP contribution < -0.4 is 15.8 Å². The average Bonchev–Trinajstić information content (AvgIpc) is 2.64. The number of nitrogens with two attached hydrogens (primary N) is 1. The fraction of sp³-hybridized carbons (Fsp3) is 0.316. The van der Waals surface area contributed by atoms with E-state index in [2.05, 4.69) is 5.32 Å². The summed E-state index contributed by atoms with van der Waals surface area (Å²) in [6, 6.07) is 10.7. The summed E-state index contributed by atoms with van der Waals surface area (Å²) in [6.45, 7) is -0.104. The summed E-state index contributed by atoms with van der Waals surface area (Å²) in [6.07, 6.45) is -0.416. The number of hydrogen-bond acceptors (Lipinski definition) is 5. The molecule has 0 saturated carbocycles. The van der Waals surface area contributed by atoms with Gasteiger partial charge in [0.05, 0.1) is 24.3 Å². The largest absolute Gasteiger partial charge is 0.492 e. The number of ether oxygens (including phenoxy) is 1. The van der Waals surface area contributed by atoms with E-state index in [-0.39, 0.29) is 12.3 Å². The van der Waals surface area contributed by atoms with Crippen LogP contribution in [0.25, 0.3) is 0 Å². The highest BCUT2D eigenvalue weighted by atomic mass is 35.5. The topological polar surface area (TPSA) is 105 Å². The van der Waals surface area contributed by atoms with E-state index < -0.39 is 18.8 Å². The van der Waals surface area contributed by atoms with Crippen LogP contribution in [0.15, 0.2) is 42.5 Å².